The molecule has 1 atom stereocenters. The van der Waals surface area contributed by atoms with Crippen molar-refractivity contribution in [3.05, 3.63) is 40.8 Å². The third-order valence-electron chi connectivity index (χ3n) is 4.63. The Balaban J connectivity index is 2.13. The van der Waals surface area contributed by atoms with Gasteiger partial charge in [-0.3, -0.25) is 9.59 Å². The van der Waals surface area contributed by atoms with Crippen molar-refractivity contribution in [1.82, 2.24) is 19.7 Å². The summed E-state index contributed by atoms with van der Waals surface area (Å²) in [5, 5.41) is 8.80. The van der Waals surface area contributed by atoms with Crippen LogP contribution >= 0.6 is 0 Å². The molecule has 3 aromatic rings. The Bertz CT molecular complexity index is 990. The summed E-state index contributed by atoms with van der Waals surface area (Å²) < 4.78 is 8.19. The SMILES string of the molecule is CCC(C(=O)NCCCOC)n1c2ccccc2c2cnn(C)c(=O)c21. The van der Waals surface area contributed by atoms with Crippen LogP contribution in [-0.4, -0.2) is 40.5 Å². The van der Waals surface area contributed by atoms with Gasteiger partial charge in [0.15, 0.2) is 0 Å². The van der Waals surface area contributed by atoms with Gasteiger partial charge in [0.25, 0.3) is 5.56 Å². The van der Waals surface area contributed by atoms with Gasteiger partial charge in [-0.2, -0.15) is 5.10 Å². The molecule has 0 aliphatic rings. The third kappa shape index (κ3) is 3.10. The van der Waals surface area contributed by atoms with Crippen molar-refractivity contribution in [2.24, 2.45) is 7.05 Å². The predicted molar refractivity (Wildman–Crippen MR) is 101 cm³/mol. The zero-order valence-corrected chi connectivity index (χ0v) is 15.4. The summed E-state index contributed by atoms with van der Waals surface area (Å²) >= 11 is 0. The quantitative estimate of drug-likeness (QED) is 0.657. The lowest BCUT2D eigenvalue weighted by atomic mass is 10.2. The van der Waals surface area contributed by atoms with Crippen LogP contribution in [0.15, 0.2) is 35.3 Å². The molecule has 138 valence electrons. The smallest absolute Gasteiger partial charge is 0.291 e. The number of hydrogen-bond donors (Lipinski definition) is 1. The van der Waals surface area contributed by atoms with Crippen LogP contribution in [0.1, 0.15) is 25.8 Å². The molecule has 0 fully saturated rings. The number of fused-ring (bicyclic) bond motifs is 3. The molecule has 7 nitrogen and oxygen atoms in total. The van der Waals surface area contributed by atoms with Gasteiger partial charge in [0, 0.05) is 38.1 Å². The minimum atomic E-state index is -0.463. The lowest BCUT2D eigenvalue weighted by Crippen LogP contribution is -2.34. The summed E-state index contributed by atoms with van der Waals surface area (Å²) in [4.78, 5) is 25.6. The molecular formula is C19H24N4O3. The molecule has 0 aliphatic heterocycles. The molecule has 1 N–H and O–H groups in total. The Morgan fingerprint density at radius 1 is 1.31 bits per heavy atom. The second-order valence-corrected chi connectivity index (χ2v) is 6.28. The zero-order chi connectivity index (χ0) is 18.7. The minimum Gasteiger partial charge on any atom is -0.385 e. The molecule has 26 heavy (non-hydrogen) atoms. The molecule has 1 amide bonds. The normalized spacial score (nSPS) is 12.6. The van der Waals surface area contributed by atoms with Crippen LogP contribution in [0.4, 0.5) is 0 Å². The fourth-order valence-corrected chi connectivity index (χ4v) is 3.34. The van der Waals surface area contributed by atoms with E-state index in [-0.39, 0.29) is 11.5 Å². The first-order valence-corrected chi connectivity index (χ1v) is 8.81. The third-order valence-corrected chi connectivity index (χ3v) is 4.63. The highest BCUT2D eigenvalue weighted by Gasteiger charge is 2.25. The van der Waals surface area contributed by atoms with Gasteiger partial charge >= 0.3 is 0 Å². The van der Waals surface area contributed by atoms with Crippen molar-refractivity contribution < 1.29 is 9.53 Å². The topological polar surface area (TPSA) is 78.2 Å². The van der Waals surface area contributed by atoms with Crippen LogP contribution in [0.25, 0.3) is 21.8 Å². The molecule has 1 aromatic carbocycles. The van der Waals surface area contributed by atoms with Gasteiger partial charge in [0.2, 0.25) is 5.91 Å². The van der Waals surface area contributed by atoms with Crippen molar-refractivity contribution in [3.8, 4) is 0 Å². The van der Waals surface area contributed by atoms with E-state index in [1.807, 2.05) is 35.8 Å². The Kier molecular flexibility index (Phi) is 5.37. The zero-order valence-electron chi connectivity index (χ0n) is 15.4. The van der Waals surface area contributed by atoms with Crippen LogP contribution in [0.2, 0.25) is 0 Å². The van der Waals surface area contributed by atoms with Crippen molar-refractivity contribution in [2.75, 3.05) is 20.3 Å². The maximum absolute atomic E-state index is 12.8. The first kappa shape index (κ1) is 18.1. The van der Waals surface area contributed by atoms with Gasteiger partial charge in [-0.15, -0.1) is 0 Å². The predicted octanol–water partition coefficient (Wildman–Crippen LogP) is 1.99. The number of rotatable bonds is 7. The van der Waals surface area contributed by atoms with Crippen LogP contribution in [0.5, 0.6) is 0 Å². The van der Waals surface area contributed by atoms with Gasteiger partial charge in [-0.25, -0.2) is 4.68 Å². The largest absolute Gasteiger partial charge is 0.385 e. The number of nitrogens with one attached hydrogen (secondary N) is 1. The lowest BCUT2D eigenvalue weighted by Gasteiger charge is -2.19. The number of ether oxygens (including phenoxy) is 1. The Morgan fingerprint density at radius 2 is 2.08 bits per heavy atom. The maximum atomic E-state index is 12.8. The fraction of sp³-hybridized carbons (Fsp3) is 0.421. The second kappa shape index (κ2) is 7.70. The van der Waals surface area contributed by atoms with Crippen molar-refractivity contribution in [3.63, 3.8) is 0 Å². The average molecular weight is 356 g/mol. The van der Waals surface area contributed by atoms with Crippen molar-refractivity contribution in [2.45, 2.75) is 25.8 Å². The number of nitrogens with zero attached hydrogens (tertiary/aromatic N) is 3. The number of carbonyl (C=O) groups is 1. The number of hydrogen-bond acceptors (Lipinski definition) is 4. The summed E-state index contributed by atoms with van der Waals surface area (Å²) in [5.74, 6) is -0.0925. The molecule has 0 saturated carbocycles. The number of methoxy groups -OCH3 is 1. The van der Waals surface area contributed by atoms with Gasteiger partial charge < -0.3 is 14.6 Å². The van der Waals surface area contributed by atoms with Gasteiger partial charge in [-0.05, 0) is 18.9 Å². The standard InChI is InChI=1S/C19H24N4O3/c1-4-15(18(24)20-10-7-11-26-3)23-16-9-6-5-8-13(16)14-12-21-22(2)19(25)17(14)23/h5-6,8-9,12,15H,4,7,10-11H2,1-3H3,(H,20,24). The maximum Gasteiger partial charge on any atom is 0.291 e. The number of aryl methyl sites for hydroxylation is 1. The van der Waals surface area contributed by atoms with E-state index in [9.17, 15) is 9.59 Å². The van der Waals surface area contributed by atoms with Gasteiger partial charge in [-0.1, -0.05) is 25.1 Å². The average Bonchev–Trinajstić information content (AvgIpc) is 2.98. The van der Waals surface area contributed by atoms with E-state index in [1.165, 1.54) is 4.68 Å². The molecule has 1 unspecified atom stereocenters. The van der Waals surface area contributed by atoms with E-state index in [0.29, 0.717) is 25.1 Å². The van der Waals surface area contributed by atoms with Crippen molar-refractivity contribution in [1.29, 1.82) is 0 Å². The molecule has 7 heteroatoms. The van der Waals surface area contributed by atoms with Gasteiger partial charge in [0.1, 0.15) is 11.6 Å². The minimum absolute atomic E-state index is 0.0925. The number of amides is 1. The summed E-state index contributed by atoms with van der Waals surface area (Å²) in [5.41, 5.74) is 1.18. The Morgan fingerprint density at radius 3 is 2.81 bits per heavy atom. The molecule has 0 bridgehead atoms. The number of para-hydroxylation sites is 1. The van der Waals surface area contributed by atoms with Crippen LogP contribution in [-0.2, 0) is 16.6 Å². The summed E-state index contributed by atoms with van der Waals surface area (Å²) in [6, 6.07) is 7.28. The highest BCUT2D eigenvalue weighted by atomic mass is 16.5. The first-order chi connectivity index (χ1) is 12.6. The molecule has 2 heterocycles. The van der Waals surface area contributed by atoms with E-state index in [4.69, 9.17) is 4.74 Å². The fourth-order valence-electron chi connectivity index (χ4n) is 3.34. The summed E-state index contributed by atoms with van der Waals surface area (Å²) in [6.07, 6.45) is 3.02. The Hall–Kier alpha value is -2.67. The lowest BCUT2D eigenvalue weighted by molar-refractivity contribution is -0.124. The van der Waals surface area contributed by atoms with E-state index in [0.717, 1.165) is 22.7 Å². The van der Waals surface area contributed by atoms with E-state index >= 15 is 0 Å². The summed E-state index contributed by atoms with van der Waals surface area (Å²) in [6.45, 7) is 3.09. The number of carbonyl (C=O) groups excluding carboxylic acids is 1. The highest BCUT2D eigenvalue weighted by Crippen LogP contribution is 2.30. The molecule has 0 saturated heterocycles. The monoisotopic (exact) mass is 356 g/mol. The van der Waals surface area contributed by atoms with Crippen LogP contribution in [0, 0.1) is 0 Å². The van der Waals surface area contributed by atoms with Crippen molar-refractivity contribution >= 4 is 27.7 Å². The Labute approximate surface area is 151 Å². The van der Waals surface area contributed by atoms with E-state index in [2.05, 4.69) is 10.4 Å². The number of benzene rings is 1. The molecule has 3 rings (SSSR count). The molecule has 0 spiro atoms. The molecule has 2 aromatic heterocycles. The molecule has 0 radical (unpaired) electrons. The van der Waals surface area contributed by atoms with Gasteiger partial charge in [0.05, 0.1) is 11.7 Å². The molecular weight excluding hydrogens is 332 g/mol. The first-order valence-electron chi connectivity index (χ1n) is 8.81. The van der Waals surface area contributed by atoms with E-state index in [1.54, 1.807) is 20.4 Å². The van der Waals surface area contributed by atoms with E-state index < -0.39 is 6.04 Å². The summed E-state index contributed by atoms with van der Waals surface area (Å²) in [7, 11) is 3.26. The number of aromatic nitrogens is 3. The molecule has 0 aliphatic carbocycles. The second-order valence-electron chi connectivity index (χ2n) is 6.28. The van der Waals surface area contributed by atoms with Crippen LogP contribution < -0.4 is 10.9 Å². The van der Waals surface area contributed by atoms with Crippen LogP contribution in [0.3, 0.4) is 0 Å². The highest BCUT2D eigenvalue weighted by molar-refractivity contribution is 6.08.